The van der Waals surface area contributed by atoms with Gasteiger partial charge in [0.25, 0.3) is 6.29 Å². The number of hydrogen-bond acceptors (Lipinski definition) is 9. The van der Waals surface area contributed by atoms with E-state index in [9.17, 15) is 32.7 Å². The van der Waals surface area contributed by atoms with E-state index in [1.807, 2.05) is 0 Å². The van der Waals surface area contributed by atoms with E-state index >= 15 is 0 Å². The minimum absolute atomic E-state index is 0.116. The lowest BCUT2D eigenvalue weighted by molar-refractivity contribution is -0.171. The number of β-lactam (4-membered cyclic amide) rings is 1. The molecule has 4 unspecified atom stereocenters. The predicted octanol–water partition coefficient (Wildman–Crippen LogP) is 0.0204. The van der Waals surface area contributed by atoms with Crippen LogP contribution in [0.25, 0.3) is 0 Å². The number of carbonyl (C=O) groups is 4. The maximum Gasteiger partial charge on any atom is 0.359 e. The van der Waals surface area contributed by atoms with Crippen molar-refractivity contribution in [1.82, 2.24) is 10.2 Å². The Bertz CT molecular complexity index is 1210. The Morgan fingerprint density at radius 1 is 1.29 bits per heavy atom. The second-order valence-electron chi connectivity index (χ2n) is 8.47. The Labute approximate surface area is 195 Å². The van der Waals surface area contributed by atoms with Crippen molar-refractivity contribution >= 4 is 33.6 Å². The molecule has 2 amide bonds. The zero-order valence-electron chi connectivity index (χ0n) is 18.5. The van der Waals surface area contributed by atoms with Gasteiger partial charge in [-0.2, -0.15) is 0 Å². The van der Waals surface area contributed by atoms with Crippen molar-refractivity contribution in [3.05, 3.63) is 46.0 Å². The minimum Gasteiger partial charge on any atom is -0.417 e. The Morgan fingerprint density at radius 2 is 2.00 bits per heavy atom. The van der Waals surface area contributed by atoms with E-state index in [-0.39, 0.29) is 30.0 Å². The molecule has 2 N–H and O–H groups in total. The van der Waals surface area contributed by atoms with E-state index < -0.39 is 69.2 Å². The first-order valence-electron chi connectivity index (χ1n) is 10.7. The summed E-state index contributed by atoms with van der Waals surface area (Å²) in [6.45, 7) is 2.46. The molecule has 3 heterocycles. The molecule has 1 aromatic rings. The highest BCUT2D eigenvalue weighted by Gasteiger charge is 2.59. The number of amides is 2. The highest BCUT2D eigenvalue weighted by atomic mass is 32.2. The van der Waals surface area contributed by atoms with Crippen LogP contribution in [-0.4, -0.2) is 67.1 Å². The van der Waals surface area contributed by atoms with E-state index in [0.29, 0.717) is 5.56 Å². The zero-order chi connectivity index (χ0) is 24.8. The van der Waals surface area contributed by atoms with Gasteiger partial charge in [-0.3, -0.25) is 9.59 Å². The van der Waals surface area contributed by atoms with Crippen molar-refractivity contribution in [3.8, 4) is 0 Å². The van der Waals surface area contributed by atoms with Crippen molar-refractivity contribution < 1.29 is 42.2 Å². The Kier molecular flexibility index (Phi) is 6.21. The quantitative estimate of drug-likeness (QED) is 0.377. The van der Waals surface area contributed by atoms with Crippen LogP contribution in [-0.2, 0) is 33.7 Å². The standard InChI is InChI=1S/C22H24N2O9S/c1-11(10-25)17-15-9-16(34(30,31)8-7-23-12(2)26)18(24(15)19(17)27)21(29)33-22-14-6-4-3-5-13(14)20(28)32-22/h3-6,11,15,17,22,25H,7-10H2,1-2H3,(H,23,26). The van der Waals surface area contributed by atoms with Crippen LogP contribution in [0.5, 0.6) is 0 Å². The predicted molar refractivity (Wildman–Crippen MR) is 115 cm³/mol. The molecule has 0 radical (unpaired) electrons. The molecule has 12 heteroatoms. The number of ether oxygens (including phenoxy) is 2. The first-order valence-corrected chi connectivity index (χ1v) is 12.4. The van der Waals surface area contributed by atoms with Gasteiger partial charge >= 0.3 is 11.9 Å². The van der Waals surface area contributed by atoms with Gasteiger partial charge < -0.3 is 24.8 Å². The van der Waals surface area contributed by atoms with E-state index in [1.54, 1.807) is 25.1 Å². The molecule has 0 aliphatic carbocycles. The zero-order valence-corrected chi connectivity index (χ0v) is 19.3. The molecule has 1 fully saturated rings. The van der Waals surface area contributed by atoms with Gasteiger partial charge in [-0.05, 0) is 12.0 Å². The maximum atomic E-state index is 13.2. The summed E-state index contributed by atoms with van der Waals surface area (Å²) in [4.78, 5) is 50.1. The van der Waals surface area contributed by atoms with Gasteiger partial charge in [-0.1, -0.05) is 25.1 Å². The fraction of sp³-hybridized carbons (Fsp3) is 0.455. The number of nitrogens with zero attached hydrogens (tertiary/aromatic N) is 1. The summed E-state index contributed by atoms with van der Waals surface area (Å²) in [5.41, 5.74) is 0.117. The fourth-order valence-corrected chi connectivity index (χ4v) is 6.06. The smallest absolute Gasteiger partial charge is 0.359 e. The lowest BCUT2D eigenvalue weighted by Crippen LogP contribution is -2.61. The highest BCUT2D eigenvalue weighted by molar-refractivity contribution is 7.95. The van der Waals surface area contributed by atoms with Crippen molar-refractivity contribution in [3.63, 3.8) is 0 Å². The van der Waals surface area contributed by atoms with Crippen LogP contribution in [0.15, 0.2) is 34.9 Å². The largest absolute Gasteiger partial charge is 0.417 e. The van der Waals surface area contributed by atoms with Crippen molar-refractivity contribution in [2.45, 2.75) is 32.6 Å². The fourth-order valence-electron chi connectivity index (χ4n) is 4.54. The van der Waals surface area contributed by atoms with Gasteiger partial charge in [0.15, 0.2) is 9.84 Å². The molecule has 1 saturated heterocycles. The average molecular weight is 493 g/mol. The molecule has 4 rings (SSSR count). The normalized spacial score (nSPS) is 24.2. The molecule has 3 aliphatic heterocycles. The number of aliphatic hydroxyl groups is 1. The van der Waals surface area contributed by atoms with Crippen LogP contribution < -0.4 is 5.32 Å². The number of sulfone groups is 1. The monoisotopic (exact) mass is 492 g/mol. The highest BCUT2D eigenvalue weighted by Crippen LogP contribution is 2.47. The Balaban J connectivity index is 1.65. The average Bonchev–Trinajstić information content (AvgIpc) is 3.29. The number of carbonyl (C=O) groups excluding carboxylic acids is 4. The first-order chi connectivity index (χ1) is 16.1. The van der Waals surface area contributed by atoms with Crippen molar-refractivity contribution in [2.24, 2.45) is 11.8 Å². The number of fused-ring (bicyclic) bond motifs is 2. The van der Waals surface area contributed by atoms with Gasteiger partial charge in [-0.15, -0.1) is 0 Å². The number of rotatable bonds is 8. The summed E-state index contributed by atoms with van der Waals surface area (Å²) in [5, 5.41) is 11.9. The van der Waals surface area contributed by atoms with Gasteiger partial charge in [0.1, 0.15) is 5.70 Å². The third-order valence-corrected chi connectivity index (χ3v) is 8.10. The summed E-state index contributed by atoms with van der Waals surface area (Å²) in [5.74, 6) is -4.27. The second kappa shape index (κ2) is 8.84. The van der Waals surface area contributed by atoms with E-state index in [4.69, 9.17) is 9.47 Å². The SMILES string of the molecule is CC(=O)NCCS(=O)(=O)C1=C(C(=O)OC2OC(=O)c3ccccc32)N2C(=O)C(C(C)CO)C2C1. The second-order valence-corrected chi connectivity index (χ2v) is 10.6. The Morgan fingerprint density at radius 3 is 2.68 bits per heavy atom. The van der Waals surface area contributed by atoms with Crippen LogP contribution in [0.4, 0.5) is 0 Å². The minimum atomic E-state index is -4.06. The number of benzene rings is 1. The van der Waals surface area contributed by atoms with Gasteiger partial charge in [0, 0.05) is 32.1 Å². The molecule has 1 aromatic carbocycles. The summed E-state index contributed by atoms with van der Waals surface area (Å²) >= 11 is 0. The number of hydrogen-bond donors (Lipinski definition) is 2. The van der Waals surface area contributed by atoms with E-state index in [1.165, 1.54) is 13.0 Å². The van der Waals surface area contributed by atoms with E-state index in [0.717, 1.165) is 4.90 Å². The number of nitrogens with one attached hydrogen (secondary N) is 1. The third-order valence-electron chi connectivity index (χ3n) is 6.25. The molecule has 0 saturated carbocycles. The summed E-state index contributed by atoms with van der Waals surface area (Å²) in [7, 11) is -4.06. The molecule has 182 valence electrons. The van der Waals surface area contributed by atoms with Crippen LogP contribution >= 0.6 is 0 Å². The van der Waals surface area contributed by atoms with Gasteiger partial charge in [-0.25, -0.2) is 18.0 Å². The van der Waals surface area contributed by atoms with Crippen molar-refractivity contribution in [2.75, 3.05) is 18.9 Å². The molecule has 0 spiro atoms. The lowest BCUT2D eigenvalue weighted by atomic mass is 9.78. The van der Waals surface area contributed by atoms with Crippen LogP contribution in [0.1, 0.15) is 42.5 Å². The molecule has 11 nitrogen and oxygen atoms in total. The summed E-state index contributed by atoms with van der Waals surface area (Å²) in [6.07, 6.45) is -1.50. The Hall–Kier alpha value is -3.25. The maximum absolute atomic E-state index is 13.2. The summed E-state index contributed by atoms with van der Waals surface area (Å²) < 4.78 is 36.7. The van der Waals surface area contributed by atoms with Gasteiger partial charge in [0.2, 0.25) is 11.8 Å². The first kappa shape index (κ1) is 23.9. The lowest BCUT2D eigenvalue weighted by Gasteiger charge is -2.45. The molecule has 0 bridgehead atoms. The molecule has 3 aliphatic rings. The van der Waals surface area contributed by atoms with E-state index in [2.05, 4.69) is 5.32 Å². The number of aliphatic hydroxyl groups excluding tert-OH is 1. The molecular weight excluding hydrogens is 468 g/mol. The summed E-state index contributed by atoms with van der Waals surface area (Å²) in [6, 6.07) is 5.68. The van der Waals surface area contributed by atoms with Crippen LogP contribution in [0.2, 0.25) is 0 Å². The number of esters is 2. The van der Waals surface area contributed by atoms with Gasteiger partial charge in [0.05, 0.1) is 28.2 Å². The topological polar surface area (TPSA) is 156 Å². The van der Waals surface area contributed by atoms with Crippen LogP contribution in [0.3, 0.4) is 0 Å². The third kappa shape index (κ3) is 3.96. The number of cyclic esters (lactones) is 1. The molecule has 4 atom stereocenters. The molecule has 34 heavy (non-hydrogen) atoms. The molecular formula is C22H24N2O9S. The molecule has 0 aromatic heterocycles. The van der Waals surface area contributed by atoms with Crippen LogP contribution in [0, 0.1) is 11.8 Å². The van der Waals surface area contributed by atoms with Crippen molar-refractivity contribution in [1.29, 1.82) is 0 Å².